The fourth-order valence-electron chi connectivity index (χ4n) is 3.51. The summed E-state index contributed by atoms with van der Waals surface area (Å²) in [6, 6.07) is 24.0. The molecule has 0 saturated carbocycles. The summed E-state index contributed by atoms with van der Waals surface area (Å²) in [7, 11) is 1.63. The van der Waals surface area contributed by atoms with Crippen LogP contribution in [-0.2, 0) is 0 Å². The predicted octanol–water partition coefficient (Wildman–Crippen LogP) is 5.09. The van der Waals surface area contributed by atoms with Crippen LogP contribution >= 0.6 is 0 Å². The molecular formula is C26H22N2O3. The quantitative estimate of drug-likeness (QED) is 0.498. The van der Waals surface area contributed by atoms with Gasteiger partial charge in [-0.05, 0) is 60.5 Å². The van der Waals surface area contributed by atoms with Gasteiger partial charge in [-0.3, -0.25) is 9.36 Å². The van der Waals surface area contributed by atoms with Crippen molar-refractivity contribution in [3.05, 3.63) is 106 Å². The number of nitrogens with zero attached hydrogens (tertiary/aromatic N) is 2. The molecule has 0 aliphatic heterocycles. The normalized spacial score (nSPS) is 11.0. The van der Waals surface area contributed by atoms with Gasteiger partial charge in [-0.2, -0.15) is 4.98 Å². The van der Waals surface area contributed by atoms with Gasteiger partial charge in [-0.1, -0.05) is 48.5 Å². The standard InChI is InChI=1S/C26H22N2O3/c1-18-25(20-6-4-3-5-7-20)26(30)27-24(17-10-19-8-13-22(29)14-9-19)28(18)21-11-15-23(31-2)16-12-21/h3-17,29H,1-2H3. The number of phenols is 1. The van der Waals surface area contributed by atoms with Crippen LogP contribution < -0.4 is 10.3 Å². The lowest BCUT2D eigenvalue weighted by atomic mass is 10.1. The van der Waals surface area contributed by atoms with Crippen molar-refractivity contribution in [1.29, 1.82) is 0 Å². The number of methoxy groups -OCH3 is 1. The molecule has 0 atom stereocenters. The highest BCUT2D eigenvalue weighted by atomic mass is 16.5. The lowest BCUT2D eigenvalue weighted by Gasteiger charge is -2.17. The van der Waals surface area contributed by atoms with Gasteiger partial charge in [0.05, 0.1) is 12.7 Å². The van der Waals surface area contributed by atoms with Crippen LogP contribution in [0.25, 0.3) is 29.0 Å². The van der Waals surface area contributed by atoms with Gasteiger partial charge < -0.3 is 9.84 Å². The number of rotatable bonds is 5. The van der Waals surface area contributed by atoms with E-state index in [-0.39, 0.29) is 11.3 Å². The van der Waals surface area contributed by atoms with Gasteiger partial charge in [0, 0.05) is 11.4 Å². The minimum absolute atomic E-state index is 0.202. The molecule has 0 amide bonds. The molecule has 0 aliphatic carbocycles. The number of benzene rings is 3. The van der Waals surface area contributed by atoms with E-state index < -0.39 is 0 Å². The maximum absolute atomic E-state index is 13.0. The van der Waals surface area contributed by atoms with Gasteiger partial charge in [-0.25, -0.2) is 0 Å². The third-order valence-corrected chi connectivity index (χ3v) is 5.07. The van der Waals surface area contributed by atoms with E-state index in [0.717, 1.165) is 28.3 Å². The molecule has 0 radical (unpaired) electrons. The summed E-state index contributed by atoms with van der Waals surface area (Å²) < 4.78 is 7.24. The highest BCUT2D eigenvalue weighted by Gasteiger charge is 2.15. The Balaban J connectivity index is 1.90. The van der Waals surface area contributed by atoms with Crippen molar-refractivity contribution in [1.82, 2.24) is 9.55 Å². The van der Waals surface area contributed by atoms with Crippen molar-refractivity contribution in [2.45, 2.75) is 6.92 Å². The maximum atomic E-state index is 13.0. The van der Waals surface area contributed by atoms with Crippen molar-refractivity contribution < 1.29 is 9.84 Å². The first kappa shape index (κ1) is 20.2. The minimum atomic E-state index is -0.279. The van der Waals surface area contributed by atoms with Crippen molar-refractivity contribution in [2.75, 3.05) is 7.11 Å². The molecule has 5 heteroatoms. The van der Waals surface area contributed by atoms with Gasteiger partial charge in [-0.15, -0.1) is 0 Å². The number of hydrogen-bond acceptors (Lipinski definition) is 4. The maximum Gasteiger partial charge on any atom is 0.281 e. The van der Waals surface area contributed by atoms with Crippen LogP contribution in [0.2, 0.25) is 0 Å². The fourth-order valence-corrected chi connectivity index (χ4v) is 3.51. The Morgan fingerprint density at radius 1 is 0.903 bits per heavy atom. The van der Waals surface area contributed by atoms with Crippen molar-refractivity contribution in [2.24, 2.45) is 0 Å². The molecule has 31 heavy (non-hydrogen) atoms. The summed E-state index contributed by atoms with van der Waals surface area (Å²) in [5, 5.41) is 9.50. The second-order valence-electron chi connectivity index (χ2n) is 7.06. The Hall–Kier alpha value is -4.12. The van der Waals surface area contributed by atoms with Crippen molar-refractivity contribution >= 4 is 12.2 Å². The van der Waals surface area contributed by atoms with E-state index in [1.165, 1.54) is 0 Å². The first-order chi connectivity index (χ1) is 15.1. The van der Waals surface area contributed by atoms with Crippen LogP contribution in [0.5, 0.6) is 11.5 Å². The molecule has 4 aromatic rings. The average Bonchev–Trinajstić information content (AvgIpc) is 2.79. The number of aromatic hydroxyl groups is 1. The molecule has 5 nitrogen and oxygen atoms in total. The Labute approximate surface area is 180 Å². The third kappa shape index (κ3) is 4.26. The first-order valence-electron chi connectivity index (χ1n) is 9.87. The SMILES string of the molecule is COc1ccc(-n2c(C=Cc3ccc(O)cc3)nc(=O)c(-c3ccccc3)c2C)cc1. The van der Waals surface area contributed by atoms with Gasteiger partial charge in [0.2, 0.25) is 0 Å². The predicted molar refractivity (Wildman–Crippen MR) is 124 cm³/mol. The topological polar surface area (TPSA) is 64.3 Å². The Bertz CT molecular complexity index is 1270. The van der Waals surface area contributed by atoms with Gasteiger partial charge in [0.1, 0.15) is 17.3 Å². The lowest BCUT2D eigenvalue weighted by Crippen LogP contribution is -2.20. The van der Waals surface area contributed by atoms with E-state index in [1.54, 1.807) is 37.5 Å². The average molecular weight is 410 g/mol. The summed E-state index contributed by atoms with van der Waals surface area (Å²) in [6.07, 6.45) is 3.67. The summed E-state index contributed by atoms with van der Waals surface area (Å²) in [6.45, 7) is 1.92. The Morgan fingerprint density at radius 3 is 2.23 bits per heavy atom. The summed E-state index contributed by atoms with van der Waals surface area (Å²) >= 11 is 0. The molecule has 0 fully saturated rings. The second-order valence-corrected chi connectivity index (χ2v) is 7.06. The zero-order valence-electron chi connectivity index (χ0n) is 17.3. The van der Waals surface area contributed by atoms with Gasteiger partial charge in [0.25, 0.3) is 5.56 Å². The molecule has 1 N–H and O–H groups in total. The van der Waals surface area contributed by atoms with E-state index in [9.17, 15) is 9.90 Å². The molecule has 0 aliphatic rings. The van der Waals surface area contributed by atoms with Crippen LogP contribution in [0, 0.1) is 6.92 Å². The first-order valence-corrected chi connectivity index (χ1v) is 9.87. The largest absolute Gasteiger partial charge is 0.508 e. The van der Waals surface area contributed by atoms with Crippen molar-refractivity contribution in [3.8, 4) is 28.3 Å². The van der Waals surface area contributed by atoms with Gasteiger partial charge >= 0.3 is 0 Å². The highest BCUT2D eigenvalue weighted by Crippen LogP contribution is 2.25. The molecule has 1 heterocycles. The molecular weight excluding hydrogens is 388 g/mol. The van der Waals surface area contributed by atoms with Crippen LogP contribution in [0.3, 0.4) is 0 Å². The molecule has 0 bridgehead atoms. The summed E-state index contributed by atoms with van der Waals surface area (Å²) in [4.78, 5) is 17.4. The Morgan fingerprint density at radius 2 is 1.58 bits per heavy atom. The number of phenolic OH excluding ortho intramolecular Hbond substituents is 1. The lowest BCUT2D eigenvalue weighted by molar-refractivity contribution is 0.414. The Kier molecular flexibility index (Phi) is 5.67. The number of ether oxygens (including phenoxy) is 1. The van der Waals surface area contributed by atoms with E-state index in [4.69, 9.17) is 4.74 Å². The van der Waals surface area contributed by atoms with E-state index in [2.05, 4.69) is 4.98 Å². The van der Waals surface area contributed by atoms with Crippen LogP contribution in [-0.4, -0.2) is 21.8 Å². The molecule has 1 aromatic heterocycles. The van der Waals surface area contributed by atoms with E-state index in [1.807, 2.05) is 72.2 Å². The fraction of sp³-hybridized carbons (Fsp3) is 0.0769. The molecule has 0 saturated heterocycles. The van der Waals surface area contributed by atoms with Crippen LogP contribution in [0.15, 0.2) is 83.7 Å². The van der Waals surface area contributed by atoms with E-state index >= 15 is 0 Å². The van der Waals surface area contributed by atoms with Crippen LogP contribution in [0.4, 0.5) is 0 Å². The number of hydrogen-bond donors (Lipinski definition) is 1. The summed E-state index contributed by atoms with van der Waals surface area (Å²) in [5.41, 5.74) is 3.67. The zero-order valence-corrected chi connectivity index (χ0v) is 17.3. The zero-order chi connectivity index (χ0) is 21.8. The minimum Gasteiger partial charge on any atom is -0.508 e. The summed E-state index contributed by atoms with van der Waals surface area (Å²) in [5.74, 6) is 1.47. The third-order valence-electron chi connectivity index (χ3n) is 5.07. The second kappa shape index (κ2) is 8.71. The van der Waals surface area contributed by atoms with Crippen LogP contribution in [0.1, 0.15) is 17.1 Å². The molecule has 0 spiro atoms. The van der Waals surface area contributed by atoms with E-state index in [0.29, 0.717) is 11.4 Å². The van der Waals surface area contributed by atoms with Gasteiger partial charge in [0.15, 0.2) is 0 Å². The molecule has 0 unspecified atom stereocenters. The van der Waals surface area contributed by atoms with Crippen molar-refractivity contribution in [3.63, 3.8) is 0 Å². The smallest absolute Gasteiger partial charge is 0.281 e. The molecule has 4 rings (SSSR count). The number of aromatic nitrogens is 2. The molecule has 154 valence electrons. The monoisotopic (exact) mass is 410 g/mol. The highest BCUT2D eigenvalue weighted by molar-refractivity contribution is 5.71. The molecule has 3 aromatic carbocycles.